The van der Waals surface area contributed by atoms with Crippen LogP contribution in [-0.2, 0) is 16.4 Å². The number of pyridine rings is 1. The van der Waals surface area contributed by atoms with E-state index in [-0.39, 0.29) is 10.7 Å². The van der Waals surface area contributed by atoms with Gasteiger partial charge in [-0.1, -0.05) is 12.1 Å². The van der Waals surface area contributed by atoms with Crippen LogP contribution in [0.25, 0.3) is 10.9 Å². The number of sulfone groups is 1. The summed E-state index contributed by atoms with van der Waals surface area (Å²) in [4.78, 5) is 12.8. The molecule has 0 saturated heterocycles. The average molecular weight is 424 g/mol. The van der Waals surface area contributed by atoms with Gasteiger partial charge in [0, 0.05) is 36.5 Å². The standard InChI is InChI=1S/C21H17FN4O3S/c1-30(27,28)17-6-7-19-18(10-17)21(26-13-25-19)24-12-14-5-8-20(23-11-14)29-16-4-2-3-15(22)9-16/h2-11,13H,12H2,1H3,(H,24,25,26). The second-order valence-electron chi connectivity index (χ2n) is 6.59. The van der Waals surface area contributed by atoms with E-state index in [9.17, 15) is 12.8 Å². The van der Waals surface area contributed by atoms with Crippen LogP contribution in [0.1, 0.15) is 5.56 Å². The number of benzene rings is 2. The summed E-state index contributed by atoms with van der Waals surface area (Å²) in [6.07, 6.45) is 4.20. The summed E-state index contributed by atoms with van der Waals surface area (Å²) in [5.74, 6) is 0.840. The fourth-order valence-electron chi connectivity index (χ4n) is 2.82. The van der Waals surface area contributed by atoms with Crippen molar-refractivity contribution in [2.24, 2.45) is 0 Å². The number of nitrogens with one attached hydrogen (secondary N) is 1. The van der Waals surface area contributed by atoms with Crippen LogP contribution < -0.4 is 10.1 Å². The van der Waals surface area contributed by atoms with E-state index in [2.05, 4.69) is 20.3 Å². The van der Waals surface area contributed by atoms with Gasteiger partial charge < -0.3 is 10.1 Å². The molecule has 9 heteroatoms. The summed E-state index contributed by atoms with van der Waals surface area (Å²) in [6.45, 7) is 0.405. The highest BCUT2D eigenvalue weighted by Crippen LogP contribution is 2.24. The number of ether oxygens (including phenoxy) is 1. The van der Waals surface area contributed by atoms with Crippen molar-refractivity contribution < 1.29 is 17.5 Å². The number of aromatic nitrogens is 3. The Morgan fingerprint density at radius 1 is 1.03 bits per heavy atom. The fourth-order valence-corrected chi connectivity index (χ4v) is 3.47. The Morgan fingerprint density at radius 2 is 1.90 bits per heavy atom. The molecule has 7 nitrogen and oxygen atoms in total. The number of nitrogens with zero attached hydrogens (tertiary/aromatic N) is 3. The van der Waals surface area contributed by atoms with E-state index in [1.54, 1.807) is 36.5 Å². The third-order valence-electron chi connectivity index (χ3n) is 4.31. The third-order valence-corrected chi connectivity index (χ3v) is 5.42. The lowest BCUT2D eigenvalue weighted by Gasteiger charge is -2.10. The van der Waals surface area contributed by atoms with Crippen LogP contribution in [0.4, 0.5) is 10.2 Å². The van der Waals surface area contributed by atoms with E-state index >= 15 is 0 Å². The summed E-state index contributed by atoms with van der Waals surface area (Å²) in [5, 5.41) is 3.79. The molecule has 0 fully saturated rings. The molecule has 1 N–H and O–H groups in total. The third kappa shape index (κ3) is 4.52. The molecule has 2 aromatic carbocycles. The smallest absolute Gasteiger partial charge is 0.219 e. The lowest BCUT2D eigenvalue weighted by atomic mass is 10.2. The zero-order chi connectivity index (χ0) is 21.1. The Labute approximate surface area is 172 Å². The van der Waals surface area contributed by atoms with Gasteiger partial charge in [-0.15, -0.1) is 0 Å². The maximum Gasteiger partial charge on any atom is 0.219 e. The second kappa shape index (κ2) is 8.03. The molecular formula is C21H17FN4O3S. The molecule has 0 bridgehead atoms. The molecule has 2 aromatic heterocycles. The van der Waals surface area contributed by atoms with E-state index in [0.717, 1.165) is 11.8 Å². The van der Waals surface area contributed by atoms with Gasteiger partial charge in [-0.2, -0.15) is 0 Å². The molecule has 0 saturated carbocycles. The summed E-state index contributed by atoms with van der Waals surface area (Å²) in [5.41, 5.74) is 1.49. The minimum absolute atomic E-state index is 0.202. The van der Waals surface area contributed by atoms with Crippen molar-refractivity contribution >= 4 is 26.6 Å². The highest BCUT2D eigenvalue weighted by Gasteiger charge is 2.11. The predicted octanol–water partition coefficient (Wildman–Crippen LogP) is 3.97. The molecule has 2 heterocycles. The number of rotatable bonds is 6. The summed E-state index contributed by atoms with van der Waals surface area (Å²) in [6, 6.07) is 14.1. The largest absolute Gasteiger partial charge is 0.439 e. The molecule has 152 valence electrons. The number of halogens is 1. The first kappa shape index (κ1) is 19.7. The van der Waals surface area contributed by atoms with Crippen molar-refractivity contribution in [3.63, 3.8) is 0 Å². The van der Waals surface area contributed by atoms with Gasteiger partial charge in [-0.25, -0.2) is 27.8 Å². The van der Waals surface area contributed by atoms with Crippen molar-refractivity contribution in [2.45, 2.75) is 11.4 Å². The van der Waals surface area contributed by atoms with E-state index in [4.69, 9.17) is 4.74 Å². The van der Waals surface area contributed by atoms with E-state index in [1.165, 1.54) is 24.5 Å². The van der Waals surface area contributed by atoms with Gasteiger partial charge in [0.2, 0.25) is 5.88 Å². The SMILES string of the molecule is CS(=O)(=O)c1ccc2ncnc(NCc3ccc(Oc4cccc(F)c4)nc3)c2c1. The quantitative estimate of drug-likeness (QED) is 0.500. The van der Waals surface area contributed by atoms with Gasteiger partial charge in [0.1, 0.15) is 23.7 Å². The maximum absolute atomic E-state index is 13.2. The lowest BCUT2D eigenvalue weighted by Crippen LogP contribution is -2.04. The first-order chi connectivity index (χ1) is 14.4. The molecule has 0 unspecified atom stereocenters. The number of fused-ring (bicyclic) bond motifs is 1. The first-order valence-corrected chi connectivity index (χ1v) is 10.8. The minimum atomic E-state index is -3.34. The second-order valence-corrected chi connectivity index (χ2v) is 8.61. The molecule has 4 rings (SSSR count). The molecule has 0 radical (unpaired) electrons. The van der Waals surface area contributed by atoms with E-state index in [1.807, 2.05) is 6.07 Å². The van der Waals surface area contributed by atoms with Gasteiger partial charge >= 0.3 is 0 Å². The van der Waals surface area contributed by atoms with Gasteiger partial charge in [0.05, 0.1) is 10.4 Å². The highest BCUT2D eigenvalue weighted by molar-refractivity contribution is 7.90. The Balaban J connectivity index is 1.50. The Kier molecular flexibility index (Phi) is 5.28. The minimum Gasteiger partial charge on any atom is -0.439 e. The molecule has 4 aromatic rings. The summed E-state index contributed by atoms with van der Waals surface area (Å²) < 4.78 is 42.5. The van der Waals surface area contributed by atoms with Crippen molar-refractivity contribution in [1.82, 2.24) is 15.0 Å². The first-order valence-electron chi connectivity index (χ1n) is 8.95. The van der Waals surface area contributed by atoms with Gasteiger partial charge in [0.25, 0.3) is 0 Å². The molecule has 0 spiro atoms. The van der Waals surface area contributed by atoms with E-state index < -0.39 is 9.84 Å². The molecule has 0 aliphatic rings. The Morgan fingerprint density at radius 3 is 2.63 bits per heavy atom. The van der Waals surface area contributed by atoms with Gasteiger partial charge in [-0.3, -0.25) is 0 Å². The molecule has 0 aliphatic carbocycles. The van der Waals surface area contributed by atoms with Crippen molar-refractivity contribution in [1.29, 1.82) is 0 Å². The predicted molar refractivity (Wildman–Crippen MR) is 111 cm³/mol. The molecule has 30 heavy (non-hydrogen) atoms. The van der Waals surface area contributed by atoms with Gasteiger partial charge in [0.15, 0.2) is 9.84 Å². The molecule has 0 aliphatic heterocycles. The zero-order valence-electron chi connectivity index (χ0n) is 15.9. The monoisotopic (exact) mass is 424 g/mol. The highest BCUT2D eigenvalue weighted by atomic mass is 32.2. The van der Waals surface area contributed by atoms with Crippen LogP contribution >= 0.6 is 0 Å². The number of hydrogen-bond acceptors (Lipinski definition) is 7. The van der Waals surface area contributed by atoms with Crippen LogP contribution in [0.2, 0.25) is 0 Å². The Hall–Kier alpha value is -3.59. The summed E-state index contributed by atoms with van der Waals surface area (Å²) >= 11 is 0. The molecular weight excluding hydrogens is 407 g/mol. The maximum atomic E-state index is 13.2. The van der Waals surface area contributed by atoms with Crippen LogP contribution in [0, 0.1) is 5.82 Å². The lowest BCUT2D eigenvalue weighted by molar-refractivity contribution is 0.458. The normalized spacial score (nSPS) is 11.4. The average Bonchev–Trinajstić information content (AvgIpc) is 2.72. The van der Waals surface area contributed by atoms with Crippen molar-refractivity contribution in [3.8, 4) is 11.6 Å². The fraction of sp³-hybridized carbons (Fsp3) is 0.0952. The van der Waals surface area contributed by atoms with Crippen LogP contribution in [0.3, 0.4) is 0 Å². The molecule has 0 amide bonds. The van der Waals surface area contributed by atoms with Crippen LogP contribution in [-0.4, -0.2) is 29.6 Å². The Bertz CT molecular complexity index is 1310. The number of hydrogen-bond donors (Lipinski definition) is 1. The van der Waals surface area contributed by atoms with E-state index in [0.29, 0.717) is 34.9 Å². The van der Waals surface area contributed by atoms with Gasteiger partial charge in [-0.05, 0) is 35.9 Å². The zero-order valence-corrected chi connectivity index (χ0v) is 16.7. The van der Waals surface area contributed by atoms with Crippen LogP contribution in [0.15, 0.2) is 72.0 Å². The molecule has 0 atom stereocenters. The van der Waals surface area contributed by atoms with Crippen molar-refractivity contribution in [2.75, 3.05) is 11.6 Å². The number of anilines is 1. The van der Waals surface area contributed by atoms with Crippen LogP contribution in [0.5, 0.6) is 11.6 Å². The van der Waals surface area contributed by atoms with Crippen molar-refractivity contribution in [3.05, 3.63) is 78.5 Å². The summed E-state index contributed by atoms with van der Waals surface area (Å²) in [7, 11) is -3.34. The topological polar surface area (TPSA) is 94.1 Å².